The zero-order valence-corrected chi connectivity index (χ0v) is 16.6. The van der Waals surface area contributed by atoms with Gasteiger partial charge in [0.25, 0.3) is 5.69 Å². The van der Waals surface area contributed by atoms with E-state index in [-0.39, 0.29) is 39.8 Å². The van der Waals surface area contributed by atoms with Gasteiger partial charge in [0, 0.05) is 24.4 Å². The molecule has 0 unspecified atom stereocenters. The lowest BCUT2D eigenvalue weighted by molar-refractivity contribution is -0.384. The standard InChI is InChI=1S/C21H15FN4O6/c1-32-19-16(20-23-14-5-4-10(26(30)31)6-15(14)24-20)13(22)7-11-17(19)25(9-2-3-9)8-12(18(11)27)21(28)29/h4-9H,2-3H2,1H3,(H,23,24)(H,28,29). The lowest BCUT2D eigenvalue weighted by atomic mass is 10.0. The highest BCUT2D eigenvalue weighted by molar-refractivity contribution is 5.98. The summed E-state index contributed by atoms with van der Waals surface area (Å²) < 4.78 is 22.5. The number of hydrogen-bond acceptors (Lipinski definition) is 6. The molecule has 1 aliphatic carbocycles. The van der Waals surface area contributed by atoms with Gasteiger partial charge in [-0.1, -0.05) is 0 Å². The Morgan fingerprint density at radius 1 is 1.38 bits per heavy atom. The molecule has 10 nitrogen and oxygen atoms in total. The smallest absolute Gasteiger partial charge is 0.341 e. The number of aromatic amines is 1. The molecule has 11 heteroatoms. The lowest BCUT2D eigenvalue weighted by Gasteiger charge is -2.17. The van der Waals surface area contributed by atoms with Crippen molar-refractivity contribution in [2.45, 2.75) is 18.9 Å². The van der Waals surface area contributed by atoms with Gasteiger partial charge in [0.05, 0.1) is 39.5 Å². The number of non-ortho nitro benzene ring substituents is 1. The van der Waals surface area contributed by atoms with Gasteiger partial charge in [-0.15, -0.1) is 0 Å². The Morgan fingerprint density at radius 2 is 2.12 bits per heavy atom. The van der Waals surface area contributed by atoms with Crippen LogP contribution in [0.2, 0.25) is 0 Å². The first kappa shape index (κ1) is 19.7. The number of benzene rings is 2. The highest BCUT2D eigenvalue weighted by Crippen LogP contribution is 2.43. The molecule has 2 N–H and O–H groups in total. The van der Waals surface area contributed by atoms with Crippen LogP contribution in [0.25, 0.3) is 33.3 Å². The van der Waals surface area contributed by atoms with Gasteiger partial charge in [-0.25, -0.2) is 14.2 Å². The second-order valence-corrected chi connectivity index (χ2v) is 7.52. The minimum atomic E-state index is -1.39. The maximum atomic E-state index is 15.3. The summed E-state index contributed by atoms with van der Waals surface area (Å²) in [6.45, 7) is 0. The molecule has 162 valence electrons. The van der Waals surface area contributed by atoms with Crippen molar-refractivity contribution in [3.05, 3.63) is 62.2 Å². The van der Waals surface area contributed by atoms with Gasteiger partial charge >= 0.3 is 5.97 Å². The number of H-pyrrole nitrogens is 1. The average Bonchev–Trinajstić information content (AvgIpc) is 3.51. The SMILES string of the molecule is COc1c(-c2nc3ccc([N+](=O)[O-])cc3[nH]2)c(F)cc2c(=O)c(C(=O)O)cn(C3CC3)c12. The van der Waals surface area contributed by atoms with E-state index in [0.717, 1.165) is 18.9 Å². The third-order valence-electron chi connectivity index (χ3n) is 5.51. The summed E-state index contributed by atoms with van der Waals surface area (Å²) in [6.07, 6.45) is 2.82. The van der Waals surface area contributed by atoms with Crippen LogP contribution in [-0.2, 0) is 0 Å². The molecule has 1 saturated carbocycles. The number of ether oxygens (including phenoxy) is 1. The summed E-state index contributed by atoms with van der Waals surface area (Å²) in [7, 11) is 1.32. The molecule has 0 atom stereocenters. The maximum Gasteiger partial charge on any atom is 0.341 e. The molecule has 2 aromatic heterocycles. The monoisotopic (exact) mass is 438 g/mol. The van der Waals surface area contributed by atoms with Crippen LogP contribution in [0, 0.1) is 15.9 Å². The summed E-state index contributed by atoms with van der Waals surface area (Å²) >= 11 is 0. The molecular weight excluding hydrogens is 423 g/mol. The van der Waals surface area contributed by atoms with E-state index in [9.17, 15) is 24.8 Å². The Bertz CT molecular complexity index is 1520. The molecule has 0 radical (unpaired) electrons. The second kappa shape index (κ2) is 6.87. The van der Waals surface area contributed by atoms with Crippen molar-refractivity contribution < 1.29 is 24.0 Å². The van der Waals surface area contributed by atoms with Crippen LogP contribution in [0.1, 0.15) is 29.2 Å². The highest BCUT2D eigenvalue weighted by Gasteiger charge is 2.31. The molecule has 0 bridgehead atoms. The molecule has 2 aromatic carbocycles. The molecule has 0 spiro atoms. The second-order valence-electron chi connectivity index (χ2n) is 7.52. The Morgan fingerprint density at radius 3 is 2.75 bits per heavy atom. The fourth-order valence-corrected chi connectivity index (χ4v) is 3.90. The van der Waals surface area contributed by atoms with Crippen LogP contribution in [0.4, 0.5) is 10.1 Å². The van der Waals surface area contributed by atoms with Crippen molar-refractivity contribution in [1.82, 2.24) is 14.5 Å². The Balaban J connectivity index is 1.84. The summed E-state index contributed by atoms with van der Waals surface area (Å²) in [5.41, 5.74) is -0.487. The number of nitro benzene ring substituents is 1. The minimum Gasteiger partial charge on any atom is -0.494 e. The maximum absolute atomic E-state index is 15.3. The molecule has 1 aliphatic rings. The van der Waals surface area contributed by atoms with Gasteiger partial charge in [0.2, 0.25) is 5.43 Å². The van der Waals surface area contributed by atoms with Gasteiger partial charge in [-0.2, -0.15) is 0 Å². The highest BCUT2D eigenvalue weighted by atomic mass is 19.1. The van der Waals surface area contributed by atoms with Crippen LogP contribution < -0.4 is 10.2 Å². The van der Waals surface area contributed by atoms with E-state index >= 15 is 4.39 Å². The number of carbonyl (C=O) groups is 1. The van der Waals surface area contributed by atoms with Crippen LogP contribution >= 0.6 is 0 Å². The van der Waals surface area contributed by atoms with Crippen LogP contribution in [-0.4, -0.2) is 37.6 Å². The van der Waals surface area contributed by atoms with Crippen LogP contribution in [0.5, 0.6) is 5.75 Å². The molecule has 0 aliphatic heterocycles. The summed E-state index contributed by atoms with van der Waals surface area (Å²) in [5, 5.41) is 20.4. The third-order valence-corrected chi connectivity index (χ3v) is 5.51. The number of aromatic carboxylic acids is 1. The Kier molecular flexibility index (Phi) is 4.22. The van der Waals surface area contributed by atoms with Gasteiger partial charge in [0.1, 0.15) is 17.2 Å². The number of hydrogen-bond donors (Lipinski definition) is 2. The number of pyridine rings is 1. The number of halogens is 1. The van der Waals surface area contributed by atoms with Gasteiger partial charge in [-0.05, 0) is 25.0 Å². The van der Waals surface area contributed by atoms with E-state index in [1.54, 1.807) is 4.57 Å². The van der Waals surface area contributed by atoms with Crippen molar-refractivity contribution in [3.8, 4) is 17.1 Å². The Hall–Kier alpha value is -4.28. The molecule has 5 rings (SSSR count). The first-order valence-corrected chi connectivity index (χ1v) is 9.63. The zero-order chi connectivity index (χ0) is 22.7. The van der Waals surface area contributed by atoms with E-state index < -0.39 is 27.7 Å². The quantitative estimate of drug-likeness (QED) is 0.358. The largest absolute Gasteiger partial charge is 0.494 e. The number of imidazole rings is 1. The first-order valence-electron chi connectivity index (χ1n) is 9.63. The predicted molar refractivity (Wildman–Crippen MR) is 112 cm³/mol. The van der Waals surface area contributed by atoms with Crippen molar-refractivity contribution in [1.29, 1.82) is 0 Å². The van der Waals surface area contributed by atoms with Crippen molar-refractivity contribution >= 4 is 33.6 Å². The number of carboxylic acid groups (broad SMARTS) is 1. The predicted octanol–water partition coefficient (Wildman–Crippen LogP) is 3.63. The van der Waals surface area contributed by atoms with Crippen LogP contribution in [0.15, 0.2) is 35.3 Å². The number of nitrogens with zero attached hydrogens (tertiary/aromatic N) is 3. The molecule has 32 heavy (non-hydrogen) atoms. The fraction of sp³-hybridized carbons (Fsp3) is 0.190. The molecule has 4 aromatic rings. The third kappa shape index (κ3) is 2.89. The molecule has 0 saturated heterocycles. The van der Waals surface area contributed by atoms with Gasteiger partial charge in [0.15, 0.2) is 5.75 Å². The number of fused-ring (bicyclic) bond motifs is 2. The average molecular weight is 438 g/mol. The van der Waals surface area contributed by atoms with E-state index in [1.807, 2.05) is 0 Å². The summed E-state index contributed by atoms with van der Waals surface area (Å²) in [6, 6.07) is 4.96. The van der Waals surface area contributed by atoms with E-state index in [0.29, 0.717) is 11.0 Å². The first-order chi connectivity index (χ1) is 15.3. The number of nitrogens with one attached hydrogen (secondary N) is 1. The number of methoxy groups -OCH3 is 1. The van der Waals surface area contributed by atoms with Crippen molar-refractivity contribution in [2.24, 2.45) is 0 Å². The normalized spacial score (nSPS) is 13.6. The zero-order valence-electron chi connectivity index (χ0n) is 16.6. The molecule has 1 fully saturated rings. The van der Waals surface area contributed by atoms with Crippen LogP contribution in [0.3, 0.4) is 0 Å². The van der Waals surface area contributed by atoms with E-state index in [2.05, 4.69) is 9.97 Å². The lowest BCUT2D eigenvalue weighted by Crippen LogP contribution is -2.19. The number of nitro groups is 1. The fourth-order valence-electron chi connectivity index (χ4n) is 3.90. The van der Waals surface area contributed by atoms with E-state index in [1.165, 1.54) is 31.5 Å². The molecule has 0 amide bonds. The Labute approximate surface area is 178 Å². The number of carboxylic acids is 1. The topological polar surface area (TPSA) is 140 Å². The minimum absolute atomic E-state index is 0.0227. The van der Waals surface area contributed by atoms with Crippen molar-refractivity contribution in [2.75, 3.05) is 7.11 Å². The summed E-state index contributed by atoms with van der Waals surface area (Å²) in [5.74, 6) is -2.15. The van der Waals surface area contributed by atoms with E-state index in [4.69, 9.17) is 4.74 Å². The van der Waals surface area contributed by atoms with Crippen molar-refractivity contribution in [3.63, 3.8) is 0 Å². The molecular formula is C21H15FN4O6. The number of aromatic nitrogens is 3. The van der Waals surface area contributed by atoms with Gasteiger partial charge < -0.3 is 19.4 Å². The number of rotatable bonds is 5. The summed E-state index contributed by atoms with van der Waals surface area (Å²) in [4.78, 5) is 42.1. The van der Waals surface area contributed by atoms with Gasteiger partial charge in [-0.3, -0.25) is 14.9 Å². The molecule has 2 heterocycles.